The molecular weight excluding hydrogens is 388 g/mol. The quantitative estimate of drug-likeness (QED) is 0.294. The van der Waals surface area contributed by atoms with Crippen LogP contribution in [0.4, 0.5) is 0 Å². The summed E-state index contributed by atoms with van der Waals surface area (Å²) in [6.45, 7) is 33.4. The molecule has 0 aromatic carbocycles. The molecule has 0 radical (unpaired) electrons. The van der Waals surface area contributed by atoms with Crippen molar-refractivity contribution in [1.82, 2.24) is 0 Å². The monoisotopic (exact) mass is 443 g/mol. The van der Waals surface area contributed by atoms with Gasteiger partial charge in [-0.05, 0) is 66.1 Å². The van der Waals surface area contributed by atoms with Gasteiger partial charge in [0.15, 0.2) is 0 Å². The fourth-order valence-electron chi connectivity index (χ4n) is 4.84. The number of hydrogen-bond acceptors (Lipinski definition) is 1. The van der Waals surface area contributed by atoms with Crippen molar-refractivity contribution in [3.63, 3.8) is 0 Å². The zero-order valence-electron chi connectivity index (χ0n) is 22.6. The van der Waals surface area contributed by atoms with E-state index in [4.69, 9.17) is 5.73 Å². The first-order valence-corrected chi connectivity index (χ1v) is 14.7. The van der Waals surface area contributed by atoms with Crippen LogP contribution in [0.1, 0.15) is 116 Å². The zero-order chi connectivity index (χ0) is 23.5. The number of nitrogens with two attached hydrogens (primary N) is 1. The Labute approximate surface area is 188 Å². The molecule has 0 amide bonds. The highest BCUT2D eigenvalue weighted by Gasteiger charge is 2.34. The maximum atomic E-state index is 6.60. The molecule has 2 N–H and O–H groups in total. The highest BCUT2D eigenvalue weighted by Crippen LogP contribution is 2.60. The Morgan fingerprint density at radius 1 is 0.621 bits per heavy atom. The van der Waals surface area contributed by atoms with Crippen LogP contribution in [0.25, 0.3) is 0 Å². The van der Waals surface area contributed by atoms with Crippen LogP contribution in [0, 0.1) is 0 Å². The summed E-state index contributed by atoms with van der Waals surface area (Å²) in [6.07, 6.45) is 8.73. The summed E-state index contributed by atoms with van der Waals surface area (Å²) in [5, 5.41) is 1.61. The van der Waals surface area contributed by atoms with Gasteiger partial charge in [-0.1, -0.05) is 111 Å². The molecule has 0 bridgehead atoms. The number of hydrogen-bond donors (Lipinski definition) is 1. The van der Waals surface area contributed by atoms with E-state index in [1.807, 2.05) is 0 Å². The molecule has 29 heavy (non-hydrogen) atoms. The fourth-order valence-corrected chi connectivity index (χ4v) is 12.4. The van der Waals surface area contributed by atoms with Crippen molar-refractivity contribution in [2.24, 2.45) is 5.73 Å². The van der Waals surface area contributed by atoms with Gasteiger partial charge in [0.2, 0.25) is 0 Å². The van der Waals surface area contributed by atoms with Crippen LogP contribution >= 0.6 is 15.8 Å². The van der Waals surface area contributed by atoms with E-state index in [0.29, 0.717) is 20.6 Å². The van der Waals surface area contributed by atoms with Crippen LogP contribution in [-0.2, 0) is 0 Å². The standard InChI is InChI=1S/C26H55NP2/c1-22(2,3)28(23(4,5)6)19-15-17-21(26(13,14)27)18-16-20-29(24(7,8)9)25(10,11)12/h17H,15-16,18-20,27H2,1-14H3. The Balaban J connectivity index is 5.21. The molecule has 0 atom stereocenters. The summed E-state index contributed by atoms with van der Waals surface area (Å²) in [7, 11) is -0.0738. The van der Waals surface area contributed by atoms with Crippen molar-refractivity contribution in [2.75, 3.05) is 12.3 Å². The average molecular weight is 444 g/mol. The molecule has 0 aromatic rings. The van der Waals surface area contributed by atoms with Crippen LogP contribution in [0.15, 0.2) is 11.6 Å². The smallest absolute Gasteiger partial charge is 0.0311 e. The first kappa shape index (κ1) is 29.6. The first-order valence-electron chi connectivity index (χ1n) is 11.6. The Morgan fingerprint density at radius 3 is 1.28 bits per heavy atom. The van der Waals surface area contributed by atoms with E-state index in [-0.39, 0.29) is 21.4 Å². The Kier molecular flexibility index (Phi) is 10.7. The second-order valence-electron chi connectivity index (χ2n) is 13.3. The lowest BCUT2D eigenvalue weighted by molar-refractivity contribution is 0.575. The van der Waals surface area contributed by atoms with Crippen LogP contribution in [0.5, 0.6) is 0 Å². The summed E-state index contributed by atoms with van der Waals surface area (Å²) in [5.41, 5.74) is 7.85. The van der Waals surface area contributed by atoms with Gasteiger partial charge in [0, 0.05) is 5.54 Å². The maximum absolute atomic E-state index is 6.60. The molecule has 3 heteroatoms. The van der Waals surface area contributed by atoms with Crippen molar-refractivity contribution < 1.29 is 0 Å². The molecule has 174 valence electrons. The van der Waals surface area contributed by atoms with Gasteiger partial charge < -0.3 is 5.73 Å². The predicted octanol–water partition coefficient (Wildman–Crippen LogP) is 8.98. The van der Waals surface area contributed by atoms with Crippen molar-refractivity contribution in [3.8, 4) is 0 Å². The third-order valence-electron chi connectivity index (χ3n) is 5.64. The van der Waals surface area contributed by atoms with E-state index in [0.717, 1.165) is 6.42 Å². The first-order chi connectivity index (χ1) is 12.6. The third kappa shape index (κ3) is 11.1. The van der Waals surface area contributed by atoms with E-state index in [9.17, 15) is 0 Å². The highest BCUT2D eigenvalue weighted by molar-refractivity contribution is 7.61. The van der Waals surface area contributed by atoms with Gasteiger partial charge in [0.05, 0.1) is 0 Å². The molecule has 0 fully saturated rings. The minimum atomic E-state index is -0.210. The van der Waals surface area contributed by atoms with Crippen LogP contribution < -0.4 is 5.73 Å². The van der Waals surface area contributed by atoms with Crippen molar-refractivity contribution in [2.45, 2.75) is 142 Å². The van der Waals surface area contributed by atoms with E-state index in [1.165, 1.54) is 30.7 Å². The Morgan fingerprint density at radius 2 is 0.966 bits per heavy atom. The number of allylic oxidation sites excluding steroid dienone is 1. The van der Waals surface area contributed by atoms with E-state index in [2.05, 4.69) is 103 Å². The van der Waals surface area contributed by atoms with Crippen LogP contribution in [0.3, 0.4) is 0 Å². The van der Waals surface area contributed by atoms with Crippen molar-refractivity contribution >= 4 is 15.8 Å². The molecule has 0 aromatic heterocycles. The molecule has 0 rings (SSSR count). The summed E-state index contributed by atoms with van der Waals surface area (Å²) >= 11 is 0. The second-order valence-corrected chi connectivity index (χ2v) is 21.3. The fraction of sp³-hybridized carbons (Fsp3) is 0.923. The van der Waals surface area contributed by atoms with Gasteiger partial charge in [0.25, 0.3) is 0 Å². The molecule has 0 spiro atoms. The topological polar surface area (TPSA) is 26.0 Å². The Bertz CT molecular complexity index is 485. The van der Waals surface area contributed by atoms with Gasteiger partial charge in [-0.3, -0.25) is 0 Å². The van der Waals surface area contributed by atoms with E-state index >= 15 is 0 Å². The summed E-state index contributed by atoms with van der Waals surface area (Å²) in [6, 6.07) is 0. The lowest BCUT2D eigenvalue weighted by atomic mass is 9.91. The molecule has 0 saturated carbocycles. The highest BCUT2D eigenvalue weighted by atomic mass is 31.1. The molecule has 1 nitrogen and oxygen atoms in total. The molecule has 0 heterocycles. The lowest BCUT2D eigenvalue weighted by Crippen LogP contribution is -2.34. The van der Waals surface area contributed by atoms with E-state index in [1.54, 1.807) is 0 Å². The normalized spacial score (nSPS) is 15.6. The van der Waals surface area contributed by atoms with Gasteiger partial charge in [-0.15, -0.1) is 0 Å². The molecule has 0 aliphatic rings. The molecule has 0 unspecified atom stereocenters. The zero-order valence-corrected chi connectivity index (χ0v) is 24.4. The lowest BCUT2D eigenvalue weighted by Gasteiger charge is -2.42. The molecular formula is C26H55NP2. The van der Waals surface area contributed by atoms with Gasteiger partial charge >= 0.3 is 0 Å². The SMILES string of the molecule is CC(C)(N)C(=CCCP(C(C)(C)C)C(C)(C)C)CCCP(C(C)(C)C)C(C)(C)C. The second kappa shape index (κ2) is 10.5. The van der Waals surface area contributed by atoms with Crippen molar-refractivity contribution in [1.29, 1.82) is 0 Å². The summed E-state index contributed by atoms with van der Waals surface area (Å²) < 4.78 is 0. The molecule has 0 saturated heterocycles. The van der Waals surface area contributed by atoms with Crippen LogP contribution in [0.2, 0.25) is 0 Å². The third-order valence-corrected chi connectivity index (χ3v) is 13.6. The van der Waals surface area contributed by atoms with E-state index < -0.39 is 0 Å². The minimum absolute atomic E-state index is 0.0282. The molecule has 0 aliphatic carbocycles. The van der Waals surface area contributed by atoms with Gasteiger partial charge in [-0.25, -0.2) is 0 Å². The maximum Gasteiger partial charge on any atom is 0.0311 e. The molecule has 0 aliphatic heterocycles. The Hall–Kier alpha value is 0.560. The van der Waals surface area contributed by atoms with Gasteiger partial charge in [0.1, 0.15) is 0 Å². The summed E-state index contributed by atoms with van der Waals surface area (Å²) in [4.78, 5) is 0. The van der Waals surface area contributed by atoms with Gasteiger partial charge in [-0.2, -0.15) is 0 Å². The predicted molar refractivity (Wildman–Crippen MR) is 143 cm³/mol. The largest absolute Gasteiger partial charge is 0.322 e. The van der Waals surface area contributed by atoms with Crippen molar-refractivity contribution in [3.05, 3.63) is 11.6 Å². The average Bonchev–Trinajstić information content (AvgIpc) is 2.38. The van der Waals surface area contributed by atoms with Crippen LogP contribution in [-0.4, -0.2) is 38.5 Å². The number of rotatable bonds is 8. The minimum Gasteiger partial charge on any atom is -0.322 e. The summed E-state index contributed by atoms with van der Waals surface area (Å²) in [5.74, 6) is 0.